The number of halogens is 3. The third kappa shape index (κ3) is 3.67. The Bertz CT molecular complexity index is 797. The van der Waals surface area contributed by atoms with Crippen LogP contribution in [0, 0.1) is 14.9 Å². The number of hydrogen-bond donors (Lipinski definition) is 1. The number of nitriles is 1. The summed E-state index contributed by atoms with van der Waals surface area (Å²) in [5, 5.41) is 20.2. The van der Waals surface area contributed by atoms with Crippen LogP contribution in [0.2, 0.25) is 10.0 Å². The maximum absolute atomic E-state index is 9.85. The molecule has 0 heterocycles. The Hall–Kier alpha value is -1.42. The molecule has 6 heteroatoms. The molecular formula is C16H10Cl2INO2. The number of rotatable bonds is 3. The van der Waals surface area contributed by atoms with Gasteiger partial charge in [-0.3, -0.25) is 0 Å². The van der Waals surface area contributed by atoms with Gasteiger partial charge in [-0.25, -0.2) is 0 Å². The van der Waals surface area contributed by atoms with E-state index in [0.717, 1.165) is 5.56 Å². The summed E-state index contributed by atoms with van der Waals surface area (Å²) in [7, 11) is 1.47. The number of hydrogen-bond acceptors (Lipinski definition) is 3. The molecule has 3 nitrogen and oxygen atoms in total. The van der Waals surface area contributed by atoms with Gasteiger partial charge in [0, 0.05) is 10.6 Å². The van der Waals surface area contributed by atoms with E-state index in [2.05, 4.69) is 6.07 Å². The first-order valence-corrected chi connectivity index (χ1v) is 7.93. The van der Waals surface area contributed by atoms with Crippen LogP contribution in [0.4, 0.5) is 0 Å². The van der Waals surface area contributed by atoms with Crippen molar-refractivity contribution in [2.24, 2.45) is 0 Å². The van der Waals surface area contributed by atoms with Crippen molar-refractivity contribution in [3.8, 4) is 17.6 Å². The smallest absolute Gasteiger partial charge is 0.171 e. The average molecular weight is 446 g/mol. The van der Waals surface area contributed by atoms with Gasteiger partial charge in [-0.05, 0) is 58.5 Å². The van der Waals surface area contributed by atoms with Gasteiger partial charge >= 0.3 is 0 Å². The molecule has 0 saturated heterocycles. The number of ether oxygens (including phenoxy) is 1. The van der Waals surface area contributed by atoms with Crippen molar-refractivity contribution in [2.45, 2.75) is 0 Å². The van der Waals surface area contributed by atoms with Crippen molar-refractivity contribution >= 4 is 57.4 Å². The first kappa shape index (κ1) is 16.9. The number of aromatic hydroxyl groups is 1. The molecule has 2 aromatic rings. The highest BCUT2D eigenvalue weighted by molar-refractivity contribution is 14.1. The van der Waals surface area contributed by atoms with Crippen LogP contribution in [-0.4, -0.2) is 12.2 Å². The van der Waals surface area contributed by atoms with Crippen molar-refractivity contribution in [2.75, 3.05) is 7.11 Å². The molecule has 22 heavy (non-hydrogen) atoms. The lowest BCUT2D eigenvalue weighted by atomic mass is 10.0. The second-order valence-corrected chi connectivity index (χ2v) is 6.35. The Labute approximate surface area is 151 Å². The highest BCUT2D eigenvalue weighted by atomic mass is 127. The fourth-order valence-electron chi connectivity index (χ4n) is 1.88. The second kappa shape index (κ2) is 7.23. The second-order valence-electron chi connectivity index (χ2n) is 4.35. The van der Waals surface area contributed by atoms with Gasteiger partial charge in [0.15, 0.2) is 11.5 Å². The van der Waals surface area contributed by atoms with Crippen LogP contribution in [0.5, 0.6) is 11.5 Å². The molecule has 2 rings (SSSR count). The molecule has 0 atom stereocenters. The zero-order valence-electron chi connectivity index (χ0n) is 11.4. The summed E-state index contributed by atoms with van der Waals surface area (Å²) in [4.78, 5) is 0. The molecule has 0 aromatic heterocycles. The minimum absolute atomic E-state index is 0.0725. The minimum atomic E-state index is 0.0725. The van der Waals surface area contributed by atoms with E-state index in [9.17, 15) is 10.4 Å². The largest absolute Gasteiger partial charge is 0.504 e. The van der Waals surface area contributed by atoms with E-state index < -0.39 is 0 Å². The zero-order chi connectivity index (χ0) is 16.3. The quantitative estimate of drug-likeness (QED) is 0.392. The lowest BCUT2D eigenvalue weighted by Gasteiger charge is -2.08. The normalized spacial score (nSPS) is 11.1. The van der Waals surface area contributed by atoms with Crippen LogP contribution in [0.25, 0.3) is 11.6 Å². The van der Waals surface area contributed by atoms with Crippen LogP contribution in [-0.2, 0) is 0 Å². The van der Waals surface area contributed by atoms with E-state index >= 15 is 0 Å². The predicted molar refractivity (Wildman–Crippen MR) is 97.3 cm³/mol. The van der Waals surface area contributed by atoms with Crippen molar-refractivity contribution in [1.29, 1.82) is 5.26 Å². The van der Waals surface area contributed by atoms with Gasteiger partial charge < -0.3 is 9.84 Å². The van der Waals surface area contributed by atoms with Crippen LogP contribution in [0.1, 0.15) is 11.1 Å². The Kier molecular flexibility index (Phi) is 5.57. The Balaban J connectivity index is 2.54. The molecule has 0 fully saturated rings. The molecule has 0 aliphatic heterocycles. The van der Waals surface area contributed by atoms with Gasteiger partial charge in [0.1, 0.15) is 0 Å². The maximum Gasteiger partial charge on any atom is 0.171 e. The molecule has 0 radical (unpaired) electrons. The summed E-state index contributed by atoms with van der Waals surface area (Å²) in [6, 6.07) is 10.5. The molecule has 0 bridgehead atoms. The van der Waals surface area contributed by atoms with Gasteiger partial charge in [0.25, 0.3) is 0 Å². The van der Waals surface area contributed by atoms with E-state index in [1.54, 1.807) is 36.4 Å². The number of nitrogens with zero attached hydrogens (tertiary/aromatic N) is 1. The summed E-state index contributed by atoms with van der Waals surface area (Å²) in [5.74, 6) is 0.418. The van der Waals surface area contributed by atoms with Gasteiger partial charge in [-0.15, -0.1) is 0 Å². The third-order valence-corrected chi connectivity index (χ3v) is 4.29. The standard InChI is InChI=1S/C16H10Cl2INO2/c1-22-15-6-9(5-14(19)16(15)21)4-10(8-20)12-3-2-11(17)7-13(12)18/h2-7,21H,1H3/b10-4+. The van der Waals surface area contributed by atoms with Crippen LogP contribution in [0.3, 0.4) is 0 Å². The van der Waals surface area contributed by atoms with Crippen LogP contribution in [0.15, 0.2) is 30.3 Å². The molecule has 0 unspecified atom stereocenters. The Morgan fingerprint density at radius 2 is 2.05 bits per heavy atom. The Morgan fingerprint density at radius 1 is 1.32 bits per heavy atom. The number of phenolic OH excluding ortho intramolecular Hbond substituents is 1. The summed E-state index contributed by atoms with van der Waals surface area (Å²) in [6.07, 6.45) is 1.68. The lowest BCUT2D eigenvalue weighted by Crippen LogP contribution is -1.89. The molecule has 0 spiro atoms. The van der Waals surface area contributed by atoms with Gasteiger partial charge in [-0.2, -0.15) is 5.26 Å². The molecule has 0 aliphatic rings. The van der Waals surface area contributed by atoms with Crippen LogP contribution >= 0.6 is 45.8 Å². The SMILES string of the molecule is COc1cc(/C=C(\C#N)c2ccc(Cl)cc2Cl)cc(I)c1O. The summed E-state index contributed by atoms with van der Waals surface area (Å²) in [6.45, 7) is 0. The number of benzene rings is 2. The van der Waals surface area contributed by atoms with Crippen molar-refractivity contribution in [1.82, 2.24) is 0 Å². The van der Waals surface area contributed by atoms with Gasteiger partial charge in [-0.1, -0.05) is 29.3 Å². The fourth-order valence-corrected chi connectivity index (χ4v) is 3.01. The third-order valence-electron chi connectivity index (χ3n) is 2.92. The lowest BCUT2D eigenvalue weighted by molar-refractivity contribution is 0.371. The summed E-state index contributed by atoms with van der Waals surface area (Å²) >= 11 is 14.0. The summed E-state index contributed by atoms with van der Waals surface area (Å²) in [5.41, 5.74) is 1.71. The molecule has 1 N–H and O–H groups in total. The molecular weight excluding hydrogens is 436 g/mol. The minimum Gasteiger partial charge on any atom is -0.504 e. The first-order chi connectivity index (χ1) is 10.5. The summed E-state index contributed by atoms with van der Waals surface area (Å²) < 4.78 is 5.74. The maximum atomic E-state index is 9.85. The molecule has 2 aromatic carbocycles. The van der Waals surface area contributed by atoms with E-state index in [0.29, 0.717) is 30.5 Å². The van der Waals surface area contributed by atoms with Crippen LogP contribution < -0.4 is 4.74 Å². The Morgan fingerprint density at radius 3 is 2.64 bits per heavy atom. The van der Waals surface area contributed by atoms with Crippen molar-refractivity contribution < 1.29 is 9.84 Å². The predicted octanol–water partition coefficient (Wildman–Crippen LogP) is 5.38. The number of allylic oxidation sites excluding steroid dienone is 1. The monoisotopic (exact) mass is 445 g/mol. The molecule has 0 saturated carbocycles. The molecule has 0 aliphatic carbocycles. The van der Waals surface area contributed by atoms with Gasteiger partial charge in [0.2, 0.25) is 0 Å². The molecule has 0 amide bonds. The van der Waals surface area contributed by atoms with Crippen molar-refractivity contribution in [3.05, 3.63) is 55.1 Å². The average Bonchev–Trinajstić information content (AvgIpc) is 2.48. The topological polar surface area (TPSA) is 53.2 Å². The number of phenols is 1. The highest BCUT2D eigenvalue weighted by Gasteiger charge is 2.10. The highest BCUT2D eigenvalue weighted by Crippen LogP contribution is 2.34. The van der Waals surface area contributed by atoms with Crippen molar-refractivity contribution in [3.63, 3.8) is 0 Å². The molecule has 112 valence electrons. The number of methoxy groups -OCH3 is 1. The van der Waals surface area contributed by atoms with E-state index in [-0.39, 0.29) is 5.75 Å². The fraction of sp³-hybridized carbons (Fsp3) is 0.0625. The van der Waals surface area contributed by atoms with E-state index in [1.807, 2.05) is 22.6 Å². The van der Waals surface area contributed by atoms with E-state index in [1.165, 1.54) is 7.11 Å². The van der Waals surface area contributed by atoms with E-state index in [4.69, 9.17) is 27.9 Å². The zero-order valence-corrected chi connectivity index (χ0v) is 15.1. The van der Waals surface area contributed by atoms with Gasteiger partial charge in [0.05, 0.1) is 27.3 Å². The first-order valence-electron chi connectivity index (χ1n) is 6.10.